The summed E-state index contributed by atoms with van der Waals surface area (Å²) in [5.74, 6) is 2.17. The Kier molecular flexibility index (Phi) is 4.53. The molecule has 4 N–H and O–H groups in total. The zero-order chi connectivity index (χ0) is 21.9. The van der Waals surface area contributed by atoms with Gasteiger partial charge in [0.2, 0.25) is 5.91 Å². The average Bonchev–Trinajstić information content (AvgIpc) is 3.01. The van der Waals surface area contributed by atoms with Gasteiger partial charge in [-0.2, -0.15) is 0 Å². The molecule has 1 aliphatic heterocycles. The molecule has 1 aromatic rings. The average molecular weight is 437 g/mol. The van der Waals surface area contributed by atoms with Crippen molar-refractivity contribution in [2.75, 3.05) is 10.6 Å². The number of benzene rings is 1. The SMILES string of the molecule is O=C1NC(=O)C2(CCC(C(=O)Nc3ccccc3NC34CC5CC(CC(C5)C3)C4)CC2)N1. The molecule has 1 heterocycles. The molecule has 0 unspecified atom stereocenters. The van der Waals surface area contributed by atoms with Crippen LogP contribution in [0.3, 0.4) is 0 Å². The van der Waals surface area contributed by atoms with Crippen molar-refractivity contribution >= 4 is 29.2 Å². The minimum absolute atomic E-state index is 0.00402. The van der Waals surface area contributed by atoms with Crippen LogP contribution in [0.5, 0.6) is 0 Å². The zero-order valence-electron chi connectivity index (χ0n) is 18.4. The molecule has 7 heteroatoms. The van der Waals surface area contributed by atoms with Gasteiger partial charge in [0.15, 0.2) is 0 Å². The summed E-state index contributed by atoms with van der Waals surface area (Å²) in [6.45, 7) is 0. The maximum atomic E-state index is 13.1. The molecule has 4 amide bonds. The van der Waals surface area contributed by atoms with Gasteiger partial charge in [-0.05, 0) is 94.1 Å². The van der Waals surface area contributed by atoms with Gasteiger partial charge in [0.25, 0.3) is 5.91 Å². The quantitative estimate of drug-likeness (QED) is 0.540. The Morgan fingerprint density at radius 1 is 0.906 bits per heavy atom. The van der Waals surface area contributed by atoms with Crippen molar-refractivity contribution in [1.82, 2.24) is 10.6 Å². The molecule has 6 aliphatic rings. The standard InChI is InChI=1S/C25H32N4O3/c30-21(18-5-7-25(8-6-18)22(31)27-23(32)29-25)26-19-3-1-2-4-20(19)28-24-12-15-9-16(13-24)11-17(10-15)14-24/h1-4,15-18,28H,5-14H2,(H,26,30)(H2,27,29,31,32). The molecule has 1 aromatic carbocycles. The Labute approximate surface area is 188 Å². The number of anilines is 2. The smallest absolute Gasteiger partial charge is 0.322 e. The molecule has 1 saturated heterocycles. The van der Waals surface area contributed by atoms with Crippen LogP contribution >= 0.6 is 0 Å². The largest absolute Gasteiger partial charge is 0.378 e. The van der Waals surface area contributed by atoms with Crippen LogP contribution in [-0.2, 0) is 9.59 Å². The third kappa shape index (κ3) is 3.37. The van der Waals surface area contributed by atoms with Gasteiger partial charge in [0.05, 0.1) is 11.4 Å². The molecule has 0 aromatic heterocycles. The lowest BCUT2D eigenvalue weighted by atomic mass is 9.53. The Bertz CT molecular complexity index is 930. The number of urea groups is 1. The maximum absolute atomic E-state index is 13.1. The molecule has 5 aliphatic carbocycles. The number of nitrogens with one attached hydrogen (secondary N) is 4. The van der Waals surface area contributed by atoms with Crippen molar-refractivity contribution in [3.63, 3.8) is 0 Å². The van der Waals surface area contributed by atoms with Crippen LogP contribution in [0.1, 0.15) is 64.2 Å². The lowest BCUT2D eigenvalue weighted by Gasteiger charge is -2.57. The molecule has 7 nitrogen and oxygen atoms in total. The summed E-state index contributed by atoms with van der Waals surface area (Å²) in [5.41, 5.74) is 1.23. The highest BCUT2D eigenvalue weighted by Crippen LogP contribution is 2.56. The van der Waals surface area contributed by atoms with Crippen molar-refractivity contribution in [3.8, 4) is 0 Å². The Hall–Kier alpha value is -2.57. The van der Waals surface area contributed by atoms with E-state index in [9.17, 15) is 14.4 Å². The highest BCUT2D eigenvalue weighted by molar-refractivity contribution is 6.07. The van der Waals surface area contributed by atoms with Gasteiger partial charge in [0, 0.05) is 11.5 Å². The number of imide groups is 1. The summed E-state index contributed by atoms with van der Waals surface area (Å²) >= 11 is 0. The number of amides is 4. The second kappa shape index (κ2) is 7.22. The van der Waals surface area contributed by atoms with Crippen LogP contribution in [0.15, 0.2) is 24.3 Å². The van der Waals surface area contributed by atoms with E-state index >= 15 is 0 Å². The number of hydrogen-bond donors (Lipinski definition) is 4. The summed E-state index contributed by atoms with van der Waals surface area (Å²) in [6.07, 6.45) is 10.1. The van der Waals surface area contributed by atoms with Gasteiger partial charge >= 0.3 is 6.03 Å². The van der Waals surface area contributed by atoms with E-state index < -0.39 is 11.6 Å². The van der Waals surface area contributed by atoms with Crippen molar-refractivity contribution in [2.24, 2.45) is 23.7 Å². The van der Waals surface area contributed by atoms with Gasteiger partial charge in [-0.1, -0.05) is 12.1 Å². The maximum Gasteiger partial charge on any atom is 0.322 e. The van der Waals surface area contributed by atoms with E-state index in [0.29, 0.717) is 25.7 Å². The molecule has 4 bridgehead atoms. The molecule has 170 valence electrons. The summed E-state index contributed by atoms with van der Waals surface area (Å²) in [7, 11) is 0. The van der Waals surface area contributed by atoms with Crippen molar-refractivity contribution in [2.45, 2.75) is 75.3 Å². The fourth-order valence-corrected chi connectivity index (χ4v) is 7.74. The second-order valence-electron chi connectivity index (χ2n) is 11.1. The van der Waals surface area contributed by atoms with Crippen molar-refractivity contribution in [3.05, 3.63) is 24.3 Å². The van der Waals surface area contributed by atoms with Crippen LogP contribution in [0, 0.1) is 23.7 Å². The van der Waals surface area contributed by atoms with E-state index in [1.165, 1.54) is 38.5 Å². The summed E-state index contributed by atoms with van der Waals surface area (Å²) in [5, 5.41) is 12.2. The van der Waals surface area contributed by atoms with Crippen molar-refractivity contribution in [1.29, 1.82) is 0 Å². The van der Waals surface area contributed by atoms with Crippen LogP contribution in [0.25, 0.3) is 0 Å². The predicted octanol–water partition coefficient (Wildman–Crippen LogP) is 3.77. The highest BCUT2D eigenvalue weighted by Gasteiger charge is 2.51. The van der Waals surface area contributed by atoms with E-state index in [0.717, 1.165) is 29.1 Å². The summed E-state index contributed by atoms with van der Waals surface area (Å²) < 4.78 is 0. The van der Waals surface area contributed by atoms with Crippen molar-refractivity contribution < 1.29 is 14.4 Å². The summed E-state index contributed by atoms with van der Waals surface area (Å²) in [4.78, 5) is 36.8. The minimum atomic E-state index is -0.828. The molecule has 0 atom stereocenters. The number of carbonyl (C=O) groups is 3. The van der Waals surface area contributed by atoms with Crippen LogP contribution < -0.4 is 21.3 Å². The monoisotopic (exact) mass is 436 g/mol. The number of para-hydroxylation sites is 2. The first-order valence-electron chi connectivity index (χ1n) is 12.2. The van der Waals surface area contributed by atoms with Gasteiger partial charge in [0.1, 0.15) is 5.54 Å². The third-order valence-electron chi connectivity index (χ3n) is 8.85. The van der Waals surface area contributed by atoms with Crippen LogP contribution in [0.4, 0.5) is 16.2 Å². The fraction of sp³-hybridized carbons (Fsp3) is 0.640. The predicted molar refractivity (Wildman–Crippen MR) is 121 cm³/mol. The second-order valence-corrected chi connectivity index (χ2v) is 11.1. The molecule has 1 spiro atoms. The van der Waals surface area contributed by atoms with Crippen LogP contribution in [0.2, 0.25) is 0 Å². The van der Waals surface area contributed by atoms with Gasteiger partial charge in [-0.15, -0.1) is 0 Å². The van der Waals surface area contributed by atoms with E-state index in [4.69, 9.17) is 0 Å². The molecular formula is C25H32N4O3. The van der Waals surface area contributed by atoms with Gasteiger partial charge in [-0.3, -0.25) is 14.9 Å². The fourth-order valence-electron chi connectivity index (χ4n) is 7.74. The molecule has 32 heavy (non-hydrogen) atoms. The Morgan fingerprint density at radius 3 is 2.06 bits per heavy atom. The molecule has 6 fully saturated rings. The number of hydrogen-bond acceptors (Lipinski definition) is 4. The zero-order valence-corrected chi connectivity index (χ0v) is 18.4. The summed E-state index contributed by atoms with van der Waals surface area (Å²) in [6, 6.07) is 7.64. The first kappa shape index (κ1) is 20.1. The minimum Gasteiger partial charge on any atom is -0.378 e. The normalized spacial score (nSPS) is 39.6. The van der Waals surface area contributed by atoms with Gasteiger partial charge in [-0.25, -0.2) is 4.79 Å². The molecular weight excluding hydrogens is 404 g/mol. The highest BCUT2D eigenvalue weighted by atomic mass is 16.2. The Morgan fingerprint density at radius 2 is 1.50 bits per heavy atom. The van der Waals surface area contributed by atoms with E-state index in [1.54, 1.807) is 0 Å². The van der Waals surface area contributed by atoms with E-state index in [2.05, 4.69) is 27.3 Å². The van der Waals surface area contributed by atoms with Gasteiger partial charge < -0.3 is 16.0 Å². The lowest BCUT2D eigenvalue weighted by molar-refractivity contribution is -0.128. The van der Waals surface area contributed by atoms with Crippen LogP contribution in [-0.4, -0.2) is 28.9 Å². The first-order chi connectivity index (χ1) is 15.4. The topological polar surface area (TPSA) is 99.3 Å². The van der Waals surface area contributed by atoms with E-state index in [1.807, 2.05) is 18.2 Å². The number of rotatable bonds is 4. The lowest BCUT2D eigenvalue weighted by Crippen LogP contribution is -2.54. The first-order valence-corrected chi connectivity index (χ1v) is 12.2. The Balaban J connectivity index is 1.13. The molecule has 0 radical (unpaired) electrons. The number of carbonyl (C=O) groups excluding carboxylic acids is 3. The molecule has 5 saturated carbocycles. The third-order valence-corrected chi connectivity index (χ3v) is 8.85. The molecule has 7 rings (SSSR count). The van der Waals surface area contributed by atoms with E-state index in [-0.39, 0.29) is 23.3 Å².